The highest BCUT2D eigenvalue weighted by molar-refractivity contribution is 5.79. The van der Waals surface area contributed by atoms with E-state index in [4.69, 9.17) is 4.74 Å². The van der Waals surface area contributed by atoms with Crippen LogP contribution in [0.1, 0.15) is 18.4 Å². The first-order valence-electron chi connectivity index (χ1n) is 10.1. The fourth-order valence-electron chi connectivity index (χ4n) is 3.85. The maximum absolute atomic E-state index is 12.6. The van der Waals surface area contributed by atoms with Crippen LogP contribution in [0.4, 0.5) is 0 Å². The van der Waals surface area contributed by atoms with Crippen LogP contribution in [0.3, 0.4) is 0 Å². The van der Waals surface area contributed by atoms with Crippen LogP contribution in [-0.4, -0.2) is 97.9 Å². The van der Waals surface area contributed by atoms with Crippen molar-refractivity contribution in [3.05, 3.63) is 29.8 Å². The smallest absolute Gasteiger partial charge is 0.236 e. The van der Waals surface area contributed by atoms with Gasteiger partial charge in [-0.1, -0.05) is 18.2 Å². The van der Waals surface area contributed by atoms with Crippen LogP contribution in [0.5, 0.6) is 5.75 Å². The fraction of sp³-hybridized carbons (Fsp3) is 0.619. The van der Waals surface area contributed by atoms with Gasteiger partial charge >= 0.3 is 0 Å². The maximum Gasteiger partial charge on any atom is 0.236 e. The molecule has 0 unspecified atom stereocenters. The van der Waals surface area contributed by atoms with Gasteiger partial charge in [-0.05, 0) is 18.9 Å². The number of carbonyl (C=O) groups excluding carboxylic acids is 2. The average molecular weight is 389 g/mol. The quantitative estimate of drug-likeness (QED) is 0.695. The van der Waals surface area contributed by atoms with Crippen molar-refractivity contribution in [2.45, 2.75) is 19.4 Å². The lowest BCUT2D eigenvalue weighted by atomic mass is 10.2. The van der Waals surface area contributed by atoms with Crippen molar-refractivity contribution < 1.29 is 14.3 Å². The second kappa shape index (κ2) is 9.89. The number of ether oxygens (including phenoxy) is 1. The average Bonchev–Trinajstić information content (AvgIpc) is 3.25. The second-order valence-corrected chi connectivity index (χ2v) is 7.70. The summed E-state index contributed by atoms with van der Waals surface area (Å²) in [6.45, 7) is 6.59. The van der Waals surface area contributed by atoms with Crippen molar-refractivity contribution in [3.63, 3.8) is 0 Å². The molecule has 2 fully saturated rings. The van der Waals surface area contributed by atoms with Gasteiger partial charge in [-0.15, -0.1) is 0 Å². The van der Waals surface area contributed by atoms with Crippen molar-refractivity contribution in [2.75, 3.05) is 66.5 Å². The van der Waals surface area contributed by atoms with E-state index in [9.17, 15) is 9.59 Å². The number of hydrogen-bond donors (Lipinski definition) is 0. The number of benzene rings is 1. The predicted molar refractivity (Wildman–Crippen MR) is 108 cm³/mol. The largest absolute Gasteiger partial charge is 0.496 e. The number of carbonyl (C=O) groups is 2. The Labute approximate surface area is 167 Å². The number of nitrogens with zero attached hydrogens (tertiary/aromatic N) is 4. The molecule has 0 atom stereocenters. The zero-order chi connectivity index (χ0) is 19.9. The van der Waals surface area contributed by atoms with Crippen LogP contribution in [0.15, 0.2) is 24.3 Å². The lowest BCUT2D eigenvalue weighted by Gasteiger charge is -2.35. The van der Waals surface area contributed by atoms with E-state index in [-0.39, 0.29) is 11.8 Å². The second-order valence-electron chi connectivity index (χ2n) is 7.70. The van der Waals surface area contributed by atoms with Gasteiger partial charge in [0, 0.05) is 58.4 Å². The summed E-state index contributed by atoms with van der Waals surface area (Å²) < 4.78 is 5.37. The Morgan fingerprint density at radius 2 is 1.57 bits per heavy atom. The van der Waals surface area contributed by atoms with E-state index >= 15 is 0 Å². The Morgan fingerprint density at radius 3 is 2.21 bits per heavy atom. The van der Waals surface area contributed by atoms with Crippen molar-refractivity contribution in [1.82, 2.24) is 19.6 Å². The molecule has 0 spiro atoms. The normalized spacial score (nSPS) is 18.3. The highest BCUT2D eigenvalue weighted by Crippen LogP contribution is 2.19. The van der Waals surface area contributed by atoms with Crippen LogP contribution >= 0.6 is 0 Å². The van der Waals surface area contributed by atoms with Gasteiger partial charge in [-0.25, -0.2) is 0 Å². The molecule has 3 rings (SSSR count). The van der Waals surface area contributed by atoms with Gasteiger partial charge in [0.25, 0.3) is 0 Å². The number of piperazine rings is 1. The van der Waals surface area contributed by atoms with Gasteiger partial charge in [0.2, 0.25) is 11.8 Å². The number of likely N-dealkylation sites (tertiary alicyclic amines) is 1. The zero-order valence-electron chi connectivity index (χ0n) is 17.1. The molecule has 0 bridgehead atoms. The van der Waals surface area contributed by atoms with Crippen molar-refractivity contribution >= 4 is 11.8 Å². The molecule has 1 aromatic rings. The van der Waals surface area contributed by atoms with E-state index in [1.807, 2.05) is 36.2 Å². The van der Waals surface area contributed by atoms with E-state index in [1.165, 1.54) is 0 Å². The summed E-state index contributed by atoms with van der Waals surface area (Å²) in [7, 11) is 3.48. The Kier molecular flexibility index (Phi) is 7.28. The molecule has 2 aliphatic heterocycles. The molecule has 1 aromatic carbocycles. The van der Waals surface area contributed by atoms with E-state index in [2.05, 4.69) is 9.80 Å². The monoisotopic (exact) mass is 388 g/mol. The number of hydrogen-bond acceptors (Lipinski definition) is 5. The first kappa shape index (κ1) is 20.6. The fourth-order valence-corrected chi connectivity index (χ4v) is 3.85. The van der Waals surface area contributed by atoms with Crippen LogP contribution in [0, 0.1) is 0 Å². The van der Waals surface area contributed by atoms with E-state index in [1.54, 1.807) is 12.0 Å². The maximum atomic E-state index is 12.6. The molecule has 7 nitrogen and oxygen atoms in total. The van der Waals surface area contributed by atoms with Crippen LogP contribution in [0.25, 0.3) is 0 Å². The molecule has 154 valence electrons. The van der Waals surface area contributed by atoms with E-state index in [0.29, 0.717) is 19.6 Å². The Bertz CT molecular complexity index is 667. The van der Waals surface area contributed by atoms with Gasteiger partial charge in [-0.3, -0.25) is 19.4 Å². The Balaban J connectivity index is 1.41. The molecule has 2 saturated heterocycles. The lowest BCUT2D eigenvalue weighted by Crippen LogP contribution is -2.51. The topological polar surface area (TPSA) is 56.3 Å². The van der Waals surface area contributed by atoms with Gasteiger partial charge in [0.15, 0.2) is 0 Å². The molecule has 0 radical (unpaired) electrons. The molecule has 2 aliphatic rings. The minimum atomic E-state index is 0.104. The SMILES string of the molecule is COc1ccccc1CN(C)C(=O)CN1CCN(CC(=O)N2CCCC2)CC1. The molecule has 0 N–H and O–H groups in total. The molecule has 0 saturated carbocycles. The summed E-state index contributed by atoms with van der Waals surface area (Å²) >= 11 is 0. The summed E-state index contributed by atoms with van der Waals surface area (Å²) in [4.78, 5) is 33.0. The molecule has 2 heterocycles. The summed E-state index contributed by atoms with van der Waals surface area (Å²) in [5.74, 6) is 1.16. The van der Waals surface area contributed by atoms with Crippen molar-refractivity contribution in [1.29, 1.82) is 0 Å². The van der Waals surface area contributed by atoms with E-state index < -0.39 is 0 Å². The number of amides is 2. The van der Waals surface area contributed by atoms with Crippen LogP contribution in [0.2, 0.25) is 0 Å². The number of rotatable bonds is 7. The van der Waals surface area contributed by atoms with Crippen LogP contribution < -0.4 is 4.74 Å². The molecule has 0 aromatic heterocycles. The Hall–Kier alpha value is -2.12. The molecule has 7 heteroatoms. The van der Waals surface area contributed by atoms with Gasteiger partial charge in [0.05, 0.1) is 20.2 Å². The van der Waals surface area contributed by atoms with Gasteiger partial charge in [0.1, 0.15) is 5.75 Å². The first-order chi connectivity index (χ1) is 13.6. The Morgan fingerprint density at radius 1 is 0.964 bits per heavy atom. The number of para-hydroxylation sites is 1. The summed E-state index contributed by atoms with van der Waals surface area (Å²) in [5, 5.41) is 0. The van der Waals surface area contributed by atoms with Crippen LogP contribution in [-0.2, 0) is 16.1 Å². The molecule has 0 aliphatic carbocycles. The molecular formula is C21H32N4O3. The summed E-state index contributed by atoms with van der Waals surface area (Å²) in [6, 6.07) is 7.78. The number of methoxy groups -OCH3 is 1. The predicted octanol–water partition coefficient (Wildman–Crippen LogP) is 0.894. The minimum absolute atomic E-state index is 0.104. The first-order valence-corrected chi connectivity index (χ1v) is 10.1. The third-order valence-electron chi connectivity index (χ3n) is 5.67. The minimum Gasteiger partial charge on any atom is -0.496 e. The van der Waals surface area contributed by atoms with Gasteiger partial charge < -0.3 is 14.5 Å². The highest BCUT2D eigenvalue weighted by Gasteiger charge is 2.24. The van der Waals surface area contributed by atoms with Gasteiger partial charge in [-0.2, -0.15) is 0 Å². The highest BCUT2D eigenvalue weighted by atomic mass is 16.5. The standard InChI is InChI=1S/C21H32N4O3/c1-22(15-18-7-3-4-8-19(18)28-2)20(26)16-23-11-13-24(14-12-23)17-21(27)25-9-5-6-10-25/h3-4,7-8H,5-6,9-17H2,1-2H3. The molecule has 2 amide bonds. The summed E-state index contributed by atoms with van der Waals surface area (Å²) in [5.41, 5.74) is 1.01. The molecular weight excluding hydrogens is 356 g/mol. The molecule has 28 heavy (non-hydrogen) atoms. The van der Waals surface area contributed by atoms with E-state index in [0.717, 1.165) is 63.4 Å². The summed E-state index contributed by atoms with van der Waals surface area (Å²) in [6.07, 6.45) is 2.26. The van der Waals surface area contributed by atoms with Crippen molar-refractivity contribution in [2.24, 2.45) is 0 Å². The lowest BCUT2D eigenvalue weighted by molar-refractivity contribution is -0.134. The third kappa shape index (κ3) is 5.45. The number of likely N-dealkylation sites (N-methyl/N-ethyl adjacent to an activating group) is 1. The zero-order valence-corrected chi connectivity index (χ0v) is 17.1. The third-order valence-corrected chi connectivity index (χ3v) is 5.67. The van der Waals surface area contributed by atoms with Crippen molar-refractivity contribution in [3.8, 4) is 5.75 Å².